The quantitative estimate of drug-likeness (QED) is 0.867. The molecule has 4 rings (SSSR count). The van der Waals surface area contributed by atoms with Crippen molar-refractivity contribution in [3.05, 3.63) is 48.0 Å². The summed E-state index contributed by atoms with van der Waals surface area (Å²) in [5.41, 5.74) is 3.79. The lowest BCUT2D eigenvalue weighted by Crippen LogP contribution is -2.40. The number of para-hydroxylation sites is 1. The van der Waals surface area contributed by atoms with Crippen LogP contribution in [0, 0.1) is 0 Å². The van der Waals surface area contributed by atoms with Crippen LogP contribution in [0.2, 0.25) is 0 Å². The van der Waals surface area contributed by atoms with E-state index < -0.39 is 0 Å². The normalized spacial score (nSPS) is 16.9. The highest BCUT2D eigenvalue weighted by molar-refractivity contribution is 6.00. The first-order chi connectivity index (χ1) is 13.6. The van der Waals surface area contributed by atoms with Crippen molar-refractivity contribution in [3.8, 4) is 5.75 Å². The monoisotopic (exact) mass is 379 g/mol. The van der Waals surface area contributed by atoms with E-state index in [2.05, 4.69) is 11.4 Å². The summed E-state index contributed by atoms with van der Waals surface area (Å²) in [6.07, 6.45) is 2.33. The molecule has 1 atom stereocenters. The largest absolute Gasteiger partial charge is 0.494 e. The summed E-state index contributed by atoms with van der Waals surface area (Å²) in [4.78, 5) is 28.6. The van der Waals surface area contributed by atoms with Crippen molar-refractivity contribution in [2.24, 2.45) is 0 Å². The van der Waals surface area contributed by atoms with Crippen LogP contribution in [0.15, 0.2) is 42.5 Å². The Morgan fingerprint density at radius 1 is 1.11 bits per heavy atom. The maximum atomic E-state index is 13.0. The van der Waals surface area contributed by atoms with Crippen LogP contribution in [0.4, 0.5) is 17.1 Å². The number of methoxy groups -OCH3 is 1. The molecule has 0 radical (unpaired) electrons. The summed E-state index contributed by atoms with van der Waals surface area (Å²) in [5, 5.41) is 3.28. The van der Waals surface area contributed by atoms with Crippen molar-refractivity contribution >= 4 is 28.9 Å². The number of fused-ring (bicyclic) bond motifs is 1. The molecule has 28 heavy (non-hydrogen) atoms. The lowest BCUT2D eigenvalue weighted by atomic mass is 10.2. The Labute approximate surface area is 165 Å². The van der Waals surface area contributed by atoms with E-state index in [1.54, 1.807) is 12.0 Å². The molecule has 0 aromatic heterocycles. The molecule has 1 N–H and O–H groups in total. The molecule has 2 amide bonds. The highest BCUT2D eigenvalue weighted by Crippen LogP contribution is 2.34. The van der Waals surface area contributed by atoms with E-state index in [9.17, 15) is 9.59 Å². The first-order valence-electron chi connectivity index (χ1n) is 9.72. The minimum absolute atomic E-state index is 0.0442. The molecule has 1 saturated heterocycles. The molecular formula is C22H25N3O3. The first kappa shape index (κ1) is 18.3. The van der Waals surface area contributed by atoms with Crippen LogP contribution in [-0.2, 0) is 16.0 Å². The molecule has 146 valence electrons. The minimum atomic E-state index is -0.380. The topological polar surface area (TPSA) is 61.9 Å². The van der Waals surface area contributed by atoms with Gasteiger partial charge in [-0.3, -0.25) is 9.59 Å². The summed E-state index contributed by atoms with van der Waals surface area (Å²) in [6, 6.07) is 13.3. The van der Waals surface area contributed by atoms with E-state index in [0.29, 0.717) is 25.3 Å². The summed E-state index contributed by atoms with van der Waals surface area (Å²) in [5.74, 6) is 0.796. The Bertz CT molecular complexity index is 912. The number of benzene rings is 2. The van der Waals surface area contributed by atoms with Crippen molar-refractivity contribution in [1.82, 2.24) is 0 Å². The SMILES string of the molecule is COc1cc(N[C@H](C)C(=O)N2CCc3ccccc32)ccc1N1CCCC1=O. The molecule has 1 fully saturated rings. The number of nitrogens with zero attached hydrogens (tertiary/aromatic N) is 2. The van der Waals surface area contributed by atoms with Crippen molar-refractivity contribution in [3.63, 3.8) is 0 Å². The second-order valence-corrected chi connectivity index (χ2v) is 7.27. The van der Waals surface area contributed by atoms with Crippen molar-refractivity contribution in [2.45, 2.75) is 32.2 Å². The van der Waals surface area contributed by atoms with Crippen LogP contribution < -0.4 is 19.9 Å². The average Bonchev–Trinajstić information content (AvgIpc) is 3.33. The first-order valence-corrected chi connectivity index (χ1v) is 9.72. The Morgan fingerprint density at radius 3 is 2.68 bits per heavy atom. The smallest absolute Gasteiger partial charge is 0.249 e. The van der Waals surface area contributed by atoms with Crippen LogP contribution in [0.5, 0.6) is 5.75 Å². The molecule has 0 unspecified atom stereocenters. The highest BCUT2D eigenvalue weighted by Gasteiger charge is 2.28. The fraction of sp³-hybridized carbons (Fsp3) is 0.364. The van der Waals surface area contributed by atoms with Crippen LogP contribution in [0.25, 0.3) is 0 Å². The molecule has 6 nitrogen and oxygen atoms in total. The predicted molar refractivity (Wildman–Crippen MR) is 110 cm³/mol. The Hall–Kier alpha value is -3.02. The summed E-state index contributed by atoms with van der Waals surface area (Å²) < 4.78 is 5.51. The lowest BCUT2D eigenvalue weighted by Gasteiger charge is -2.24. The fourth-order valence-corrected chi connectivity index (χ4v) is 4.01. The van der Waals surface area contributed by atoms with Crippen LogP contribution >= 0.6 is 0 Å². The molecule has 2 aliphatic rings. The van der Waals surface area contributed by atoms with Gasteiger partial charge in [0.2, 0.25) is 11.8 Å². The van der Waals surface area contributed by atoms with E-state index in [-0.39, 0.29) is 17.9 Å². The third kappa shape index (κ3) is 3.30. The summed E-state index contributed by atoms with van der Waals surface area (Å²) in [6.45, 7) is 3.29. The molecule has 2 heterocycles. The fourth-order valence-electron chi connectivity index (χ4n) is 4.01. The Kier molecular flexibility index (Phi) is 4.94. The van der Waals surface area contributed by atoms with Gasteiger partial charge in [0.25, 0.3) is 0 Å². The molecular weight excluding hydrogens is 354 g/mol. The molecule has 2 aromatic rings. The lowest BCUT2D eigenvalue weighted by molar-refractivity contribution is -0.119. The minimum Gasteiger partial charge on any atom is -0.494 e. The molecule has 2 aromatic carbocycles. The number of carbonyl (C=O) groups excluding carboxylic acids is 2. The van der Waals surface area contributed by atoms with E-state index >= 15 is 0 Å². The number of hydrogen-bond donors (Lipinski definition) is 1. The van der Waals surface area contributed by atoms with Crippen LogP contribution in [-0.4, -0.2) is 38.1 Å². The van der Waals surface area contributed by atoms with Gasteiger partial charge < -0.3 is 19.9 Å². The number of hydrogen-bond acceptors (Lipinski definition) is 4. The molecule has 2 aliphatic heterocycles. The third-order valence-corrected chi connectivity index (χ3v) is 5.45. The maximum absolute atomic E-state index is 13.0. The number of nitrogens with one attached hydrogen (secondary N) is 1. The zero-order chi connectivity index (χ0) is 19.7. The molecule has 0 bridgehead atoms. The van der Waals surface area contributed by atoms with Gasteiger partial charge in [0.1, 0.15) is 11.8 Å². The molecule has 0 aliphatic carbocycles. The highest BCUT2D eigenvalue weighted by atomic mass is 16.5. The number of amides is 2. The second-order valence-electron chi connectivity index (χ2n) is 7.27. The molecule has 6 heteroatoms. The van der Waals surface area contributed by atoms with Gasteiger partial charge in [0.05, 0.1) is 12.8 Å². The van der Waals surface area contributed by atoms with Crippen molar-refractivity contribution in [1.29, 1.82) is 0 Å². The van der Waals surface area contributed by atoms with Gasteiger partial charge in [-0.05, 0) is 43.5 Å². The van der Waals surface area contributed by atoms with Gasteiger partial charge in [-0.1, -0.05) is 18.2 Å². The predicted octanol–water partition coefficient (Wildman–Crippen LogP) is 3.21. The summed E-state index contributed by atoms with van der Waals surface area (Å²) in [7, 11) is 1.60. The standard InChI is InChI=1S/C22H25N3O3/c1-15(22(27)25-13-11-16-6-3-4-7-18(16)25)23-17-9-10-19(20(14-17)28-2)24-12-5-8-21(24)26/h3-4,6-7,9-10,14-15,23H,5,8,11-13H2,1-2H3/t15-/m1/s1. The Morgan fingerprint density at radius 2 is 1.93 bits per heavy atom. The van der Waals surface area contributed by atoms with Gasteiger partial charge in [-0.2, -0.15) is 0 Å². The van der Waals surface area contributed by atoms with Crippen LogP contribution in [0.3, 0.4) is 0 Å². The maximum Gasteiger partial charge on any atom is 0.249 e. The number of ether oxygens (including phenoxy) is 1. The van der Waals surface area contributed by atoms with Gasteiger partial charge in [-0.15, -0.1) is 0 Å². The summed E-state index contributed by atoms with van der Waals surface area (Å²) >= 11 is 0. The van der Waals surface area contributed by atoms with E-state index in [1.807, 2.05) is 48.2 Å². The van der Waals surface area contributed by atoms with Gasteiger partial charge in [0.15, 0.2) is 0 Å². The third-order valence-electron chi connectivity index (χ3n) is 5.45. The van der Waals surface area contributed by atoms with Gasteiger partial charge >= 0.3 is 0 Å². The molecule has 0 saturated carbocycles. The Balaban J connectivity index is 1.49. The van der Waals surface area contributed by atoms with E-state index in [0.717, 1.165) is 29.9 Å². The van der Waals surface area contributed by atoms with Gasteiger partial charge in [-0.25, -0.2) is 0 Å². The zero-order valence-electron chi connectivity index (χ0n) is 16.3. The van der Waals surface area contributed by atoms with E-state index in [1.165, 1.54) is 5.56 Å². The van der Waals surface area contributed by atoms with Gasteiger partial charge in [0, 0.05) is 37.0 Å². The average molecular weight is 379 g/mol. The van der Waals surface area contributed by atoms with Crippen molar-refractivity contribution < 1.29 is 14.3 Å². The second kappa shape index (κ2) is 7.54. The zero-order valence-corrected chi connectivity index (χ0v) is 16.3. The van der Waals surface area contributed by atoms with E-state index in [4.69, 9.17) is 4.74 Å². The number of carbonyl (C=O) groups is 2. The number of anilines is 3. The van der Waals surface area contributed by atoms with Crippen LogP contribution in [0.1, 0.15) is 25.3 Å². The van der Waals surface area contributed by atoms with Crippen molar-refractivity contribution in [2.75, 3.05) is 35.3 Å². The number of rotatable bonds is 5. The molecule has 0 spiro atoms.